The topological polar surface area (TPSA) is 64.6 Å². The van der Waals surface area contributed by atoms with Crippen molar-refractivity contribution in [2.75, 3.05) is 19.0 Å². The number of unbranched alkanes of at least 4 members (excludes halogenated alkanes) is 1. The van der Waals surface area contributed by atoms with Crippen molar-refractivity contribution in [1.29, 1.82) is 0 Å². The van der Waals surface area contributed by atoms with Crippen molar-refractivity contribution in [3.8, 4) is 0 Å². The van der Waals surface area contributed by atoms with E-state index in [1.54, 1.807) is 43.5 Å². The monoisotopic (exact) mass is 341 g/mol. The van der Waals surface area contributed by atoms with Gasteiger partial charge in [-0.25, -0.2) is 4.79 Å². The summed E-state index contributed by atoms with van der Waals surface area (Å²) in [5.74, 6) is -0.560. The van der Waals surface area contributed by atoms with Gasteiger partial charge in [0.15, 0.2) is 0 Å². The van der Waals surface area contributed by atoms with Crippen LogP contribution in [-0.2, 0) is 16.1 Å². The standard InChI is InChI=1S/C20H23NO4/c1-3-4-12-25-20(23)16-8-10-18(11-9-16)21-19(22)17-7-5-6-15(13-17)14-24-2/h5-11,13H,3-4,12,14H2,1-2H3,(H,21,22). The van der Waals surface area contributed by atoms with Gasteiger partial charge in [-0.3, -0.25) is 4.79 Å². The second-order valence-electron chi connectivity index (χ2n) is 5.65. The summed E-state index contributed by atoms with van der Waals surface area (Å²) < 4.78 is 10.2. The minimum atomic E-state index is -0.349. The number of amides is 1. The number of benzene rings is 2. The zero-order chi connectivity index (χ0) is 18.1. The van der Waals surface area contributed by atoms with Gasteiger partial charge in [0, 0.05) is 18.4 Å². The Bertz CT molecular complexity index is 710. The Kier molecular flexibility index (Phi) is 7.16. The number of rotatable bonds is 8. The number of anilines is 1. The van der Waals surface area contributed by atoms with Crippen LogP contribution in [0.1, 0.15) is 46.0 Å². The Balaban J connectivity index is 1.97. The lowest BCUT2D eigenvalue weighted by atomic mass is 10.1. The summed E-state index contributed by atoms with van der Waals surface area (Å²) in [5, 5.41) is 2.81. The number of esters is 1. The third kappa shape index (κ3) is 5.72. The van der Waals surface area contributed by atoms with Gasteiger partial charge in [-0.2, -0.15) is 0 Å². The summed E-state index contributed by atoms with van der Waals surface area (Å²) in [4.78, 5) is 24.2. The largest absolute Gasteiger partial charge is 0.462 e. The second kappa shape index (κ2) is 9.59. The maximum absolute atomic E-state index is 12.3. The number of carbonyl (C=O) groups excluding carboxylic acids is 2. The summed E-state index contributed by atoms with van der Waals surface area (Å²) in [7, 11) is 1.61. The van der Waals surface area contributed by atoms with Gasteiger partial charge in [-0.15, -0.1) is 0 Å². The second-order valence-corrected chi connectivity index (χ2v) is 5.65. The van der Waals surface area contributed by atoms with Crippen LogP contribution in [0.2, 0.25) is 0 Å². The Labute approximate surface area is 148 Å². The minimum absolute atomic E-state index is 0.212. The average Bonchev–Trinajstić information content (AvgIpc) is 2.63. The molecule has 2 aromatic rings. The van der Waals surface area contributed by atoms with Crippen molar-refractivity contribution < 1.29 is 19.1 Å². The van der Waals surface area contributed by atoms with Crippen molar-refractivity contribution in [2.24, 2.45) is 0 Å². The van der Waals surface area contributed by atoms with Gasteiger partial charge in [-0.1, -0.05) is 25.5 Å². The molecule has 0 radical (unpaired) electrons. The third-order valence-electron chi connectivity index (χ3n) is 3.61. The van der Waals surface area contributed by atoms with Gasteiger partial charge in [-0.05, 0) is 48.4 Å². The quantitative estimate of drug-likeness (QED) is 0.581. The summed E-state index contributed by atoms with van der Waals surface area (Å²) >= 11 is 0. The van der Waals surface area contributed by atoms with Crippen molar-refractivity contribution in [2.45, 2.75) is 26.4 Å². The average molecular weight is 341 g/mol. The molecule has 0 atom stereocenters. The molecule has 5 nitrogen and oxygen atoms in total. The van der Waals surface area contributed by atoms with Crippen molar-refractivity contribution in [1.82, 2.24) is 0 Å². The first kappa shape index (κ1) is 18.7. The highest BCUT2D eigenvalue weighted by molar-refractivity contribution is 6.04. The number of methoxy groups -OCH3 is 1. The van der Waals surface area contributed by atoms with E-state index in [4.69, 9.17) is 9.47 Å². The van der Waals surface area contributed by atoms with Crippen LogP contribution < -0.4 is 5.32 Å². The van der Waals surface area contributed by atoms with Gasteiger partial charge in [0.25, 0.3) is 5.91 Å². The summed E-state index contributed by atoms with van der Waals surface area (Å²) in [6.07, 6.45) is 1.83. The fraction of sp³-hybridized carbons (Fsp3) is 0.300. The predicted molar refractivity (Wildman–Crippen MR) is 96.7 cm³/mol. The van der Waals surface area contributed by atoms with Crippen LogP contribution in [0.15, 0.2) is 48.5 Å². The number of hydrogen-bond acceptors (Lipinski definition) is 4. The van der Waals surface area contributed by atoms with Crippen molar-refractivity contribution >= 4 is 17.6 Å². The molecule has 0 spiro atoms. The Hall–Kier alpha value is -2.66. The lowest BCUT2D eigenvalue weighted by molar-refractivity contribution is 0.0499. The molecule has 0 saturated carbocycles. The molecular weight excluding hydrogens is 318 g/mol. The maximum Gasteiger partial charge on any atom is 0.338 e. The molecule has 0 aromatic heterocycles. The molecule has 0 heterocycles. The highest BCUT2D eigenvalue weighted by Crippen LogP contribution is 2.13. The molecular formula is C20H23NO4. The molecule has 5 heteroatoms. The molecule has 0 aliphatic carbocycles. The molecule has 0 aliphatic heterocycles. The van der Waals surface area contributed by atoms with Gasteiger partial charge in [0.05, 0.1) is 18.8 Å². The molecule has 2 aromatic carbocycles. The highest BCUT2D eigenvalue weighted by atomic mass is 16.5. The first-order valence-electron chi connectivity index (χ1n) is 8.30. The maximum atomic E-state index is 12.3. The zero-order valence-electron chi connectivity index (χ0n) is 14.6. The van der Waals surface area contributed by atoms with Crippen LogP contribution in [-0.4, -0.2) is 25.6 Å². The van der Waals surface area contributed by atoms with E-state index in [9.17, 15) is 9.59 Å². The normalized spacial score (nSPS) is 10.3. The molecule has 0 aliphatic rings. The van der Waals surface area contributed by atoms with E-state index in [-0.39, 0.29) is 11.9 Å². The summed E-state index contributed by atoms with van der Waals surface area (Å²) in [6, 6.07) is 13.9. The molecule has 132 valence electrons. The molecule has 0 unspecified atom stereocenters. The predicted octanol–water partition coefficient (Wildman–Crippen LogP) is 4.04. The fourth-order valence-corrected chi connectivity index (χ4v) is 2.25. The molecule has 0 bridgehead atoms. The van der Waals surface area contributed by atoms with E-state index in [0.29, 0.717) is 30.0 Å². The first-order chi connectivity index (χ1) is 12.1. The Morgan fingerprint density at radius 2 is 1.80 bits per heavy atom. The zero-order valence-corrected chi connectivity index (χ0v) is 14.6. The number of ether oxygens (including phenoxy) is 2. The smallest absolute Gasteiger partial charge is 0.338 e. The Morgan fingerprint density at radius 1 is 1.04 bits per heavy atom. The molecule has 25 heavy (non-hydrogen) atoms. The van der Waals surface area contributed by atoms with Gasteiger partial charge >= 0.3 is 5.97 Å². The lowest BCUT2D eigenvalue weighted by Gasteiger charge is -2.08. The highest BCUT2D eigenvalue weighted by Gasteiger charge is 2.09. The van der Waals surface area contributed by atoms with E-state index < -0.39 is 0 Å². The third-order valence-corrected chi connectivity index (χ3v) is 3.61. The van der Waals surface area contributed by atoms with Crippen LogP contribution in [0.3, 0.4) is 0 Å². The van der Waals surface area contributed by atoms with E-state index in [0.717, 1.165) is 18.4 Å². The summed E-state index contributed by atoms with van der Waals surface area (Å²) in [5.41, 5.74) is 2.57. The van der Waals surface area contributed by atoms with Crippen LogP contribution in [0.4, 0.5) is 5.69 Å². The van der Waals surface area contributed by atoms with Crippen molar-refractivity contribution in [3.63, 3.8) is 0 Å². The van der Waals surface area contributed by atoms with Crippen LogP contribution in [0.5, 0.6) is 0 Å². The van der Waals surface area contributed by atoms with Crippen molar-refractivity contribution in [3.05, 3.63) is 65.2 Å². The summed E-state index contributed by atoms with van der Waals surface area (Å²) in [6.45, 7) is 2.91. The van der Waals surface area contributed by atoms with E-state index in [2.05, 4.69) is 5.32 Å². The fourth-order valence-electron chi connectivity index (χ4n) is 2.25. The van der Waals surface area contributed by atoms with Crippen LogP contribution in [0.25, 0.3) is 0 Å². The van der Waals surface area contributed by atoms with Gasteiger partial charge in [0.1, 0.15) is 0 Å². The van der Waals surface area contributed by atoms with Crippen LogP contribution >= 0.6 is 0 Å². The van der Waals surface area contributed by atoms with Gasteiger partial charge < -0.3 is 14.8 Å². The molecule has 0 fully saturated rings. The minimum Gasteiger partial charge on any atom is -0.462 e. The van der Waals surface area contributed by atoms with E-state index in [1.165, 1.54) is 0 Å². The number of nitrogens with one attached hydrogen (secondary N) is 1. The SMILES string of the molecule is CCCCOC(=O)c1ccc(NC(=O)c2cccc(COC)c2)cc1. The number of hydrogen-bond donors (Lipinski definition) is 1. The number of carbonyl (C=O) groups is 2. The molecule has 0 saturated heterocycles. The van der Waals surface area contributed by atoms with Crippen LogP contribution in [0, 0.1) is 0 Å². The van der Waals surface area contributed by atoms with E-state index in [1.807, 2.05) is 19.1 Å². The molecule has 1 amide bonds. The van der Waals surface area contributed by atoms with Gasteiger partial charge in [0.2, 0.25) is 0 Å². The first-order valence-corrected chi connectivity index (χ1v) is 8.30. The van der Waals surface area contributed by atoms with E-state index >= 15 is 0 Å². The Morgan fingerprint density at radius 3 is 2.48 bits per heavy atom. The molecule has 1 N–H and O–H groups in total. The molecule has 2 rings (SSSR count). The lowest BCUT2D eigenvalue weighted by Crippen LogP contribution is -2.12.